The van der Waals surface area contributed by atoms with Crippen LogP contribution in [0.4, 0.5) is 0 Å². The zero-order chi connectivity index (χ0) is 18.1. The highest BCUT2D eigenvalue weighted by Gasteiger charge is 2.19. The Morgan fingerprint density at radius 1 is 0.920 bits per heavy atom. The molecule has 0 radical (unpaired) electrons. The molecular formula is C22H30N2O. The van der Waals surface area contributed by atoms with Gasteiger partial charge in [0.2, 0.25) is 5.91 Å². The van der Waals surface area contributed by atoms with Crippen molar-refractivity contribution in [2.45, 2.75) is 39.2 Å². The maximum atomic E-state index is 12.4. The minimum atomic E-state index is 0.115. The van der Waals surface area contributed by atoms with Gasteiger partial charge in [0.25, 0.3) is 0 Å². The van der Waals surface area contributed by atoms with E-state index in [0.717, 1.165) is 13.1 Å². The molecule has 0 saturated carbocycles. The second-order valence-electron chi connectivity index (χ2n) is 6.47. The fraction of sp³-hybridized carbons (Fsp3) is 0.409. The number of nitrogens with zero attached hydrogens (tertiary/aromatic N) is 1. The Morgan fingerprint density at radius 3 is 1.96 bits per heavy atom. The van der Waals surface area contributed by atoms with Gasteiger partial charge in [0.15, 0.2) is 0 Å². The van der Waals surface area contributed by atoms with E-state index in [1.165, 1.54) is 11.1 Å². The number of amides is 1. The predicted molar refractivity (Wildman–Crippen MR) is 105 cm³/mol. The van der Waals surface area contributed by atoms with E-state index in [1.54, 1.807) is 0 Å². The summed E-state index contributed by atoms with van der Waals surface area (Å²) < 4.78 is 0. The number of hydrogen-bond acceptors (Lipinski definition) is 2. The summed E-state index contributed by atoms with van der Waals surface area (Å²) in [5.74, 6) is 0.342. The smallest absolute Gasteiger partial charge is 0.220 e. The molecule has 0 saturated heterocycles. The van der Waals surface area contributed by atoms with Crippen LogP contribution in [0, 0.1) is 0 Å². The van der Waals surface area contributed by atoms with E-state index in [1.807, 2.05) is 24.3 Å². The van der Waals surface area contributed by atoms with Crippen molar-refractivity contribution >= 4 is 5.91 Å². The number of rotatable bonds is 9. The molecule has 0 aliphatic heterocycles. The van der Waals surface area contributed by atoms with E-state index in [-0.39, 0.29) is 17.9 Å². The second-order valence-corrected chi connectivity index (χ2v) is 6.47. The molecule has 3 heteroatoms. The Kier molecular flexibility index (Phi) is 7.68. The highest BCUT2D eigenvalue weighted by molar-refractivity contribution is 5.76. The molecule has 2 atom stereocenters. The van der Waals surface area contributed by atoms with Gasteiger partial charge in [0.1, 0.15) is 0 Å². The van der Waals surface area contributed by atoms with E-state index in [9.17, 15) is 4.79 Å². The molecule has 2 unspecified atom stereocenters. The Bertz CT molecular complexity index is 623. The van der Waals surface area contributed by atoms with Crippen molar-refractivity contribution in [3.63, 3.8) is 0 Å². The summed E-state index contributed by atoms with van der Waals surface area (Å²) in [7, 11) is 0. The van der Waals surface area contributed by atoms with Gasteiger partial charge < -0.3 is 5.32 Å². The Hall–Kier alpha value is -2.13. The molecule has 0 bridgehead atoms. The maximum absolute atomic E-state index is 12.4. The Balaban J connectivity index is 1.96. The van der Waals surface area contributed by atoms with Gasteiger partial charge in [-0.2, -0.15) is 0 Å². The van der Waals surface area contributed by atoms with Crippen LogP contribution in [0.3, 0.4) is 0 Å². The summed E-state index contributed by atoms with van der Waals surface area (Å²) in [5, 5.41) is 3.15. The molecule has 0 fully saturated rings. The molecule has 3 nitrogen and oxygen atoms in total. The topological polar surface area (TPSA) is 32.3 Å². The van der Waals surface area contributed by atoms with Gasteiger partial charge in [0.05, 0.1) is 6.04 Å². The van der Waals surface area contributed by atoms with Crippen molar-refractivity contribution in [1.29, 1.82) is 0 Å². The summed E-state index contributed by atoms with van der Waals surface area (Å²) in [6.07, 6.45) is 0.518. The molecule has 0 spiro atoms. The number of nitrogens with one attached hydrogen (secondary N) is 1. The van der Waals surface area contributed by atoms with Crippen molar-refractivity contribution in [1.82, 2.24) is 10.2 Å². The van der Waals surface area contributed by atoms with Crippen LogP contribution in [0.25, 0.3) is 0 Å². The van der Waals surface area contributed by atoms with Crippen LogP contribution in [0.5, 0.6) is 0 Å². The first-order valence-electron chi connectivity index (χ1n) is 9.26. The Morgan fingerprint density at radius 2 is 1.44 bits per heavy atom. The number of carbonyl (C=O) groups excluding carboxylic acids is 1. The summed E-state index contributed by atoms with van der Waals surface area (Å²) >= 11 is 0. The number of benzene rings is 2. The molecular weight excluding hydrogens is 308 g/mol. The molecule has 0 aromatic heterocycles. The molecule has 1 N–H and O–H groups in total. The fourth-order valence-corrected chi connectivity index (χ4v) is 3.26. The standard InChI is InChI=1S/C22H30N2O/c1-4-24(5-2)21(20-14-10-7-11-15-20)17-23-22(25)16-18(3)19-12-8-6-9-13-19/h6-15,18,21H,4-5,16-17H2,1-3H3,(H,23,25). The lowest BCUT2D eigenvalue weighted by Crippen LogP contribution is -2.38. The molecule has 25 heavy (non-hydrogen) atoms. The van der Waals surface area contributed by atoms with E-state index in [4.69, 9.17) is 0 Å². The molecule has 0 aliphatic carbocycles. The van der Waals surface area contributed by atoms with Crippen LogP contribution in [0.2, 0.25) is 0 Å². The lowest BCUT2D eigenvalue weighted by molar-refractivity contribution is -0.121. The van der Waals surface area contributed by atoms with Gasteiger partial charge in [-0.3, -0.25) is 9.69 Å². The third-order valence-corrected chi connectivity index (χ3v) is 4.79. The van der Waals surface area contributed by atoms with E-state index in [2.05, 4.69) is 67.4 Å². The average Bonchev–Trinajstić information content (AvgIpc) is 2.66. The van der Waals surface area contributed by atoms with E-state index in [0.29, 0.717) is 13.0 Å². The van der Waals surface area contributed by atoms with Crippen LogP contribution < -0.4 is 5.32 Å². The van der Waals surface area contributed by atoms with Crippen LogP contribution in [0.15, 0.2) is 60.7 Å². The zero-order valence-corrected chi connectivity index (χ0v) is 15.6. The molecule has 0 aliphatic rings. The number of hydrogen-bond donors (Lipinski definition) is 1. The largest absolute Gasteiger partial charge is 0.354 e. The van der Waals surface area contributed by atoms with Crippen molar-refractivity contribution in [2.24, 2.45) is 0 Å². The monoisotopic (exact) mass is 338 g/mol. The lowest BCUT2D eigenvalue weighted by atomic mass is 9.97. The summed E-state index contributed by atoms with van der Waals surface area (Å²) in [5.41, 5.74) is 2.46. The summed E-state index contributed by atoms with van der Waals surface area (Å²) in [4.78, 5) is 14.8. The molecule has 2 aromatic rings. The summed E-state index contributed by atoms with van der Waals surface area (Å²) in [6.45, 7) is 9.01. The van der Waals surface area contributed by atoms with Crippen molar-refractivity contribution in [3.8, 4) is 0 Å². The first-order valence-corrected chi connectivity index (χ1v) is 9.26. The normalized spacial score (nSPS) is 13.4. The van der Waals surface area contributed by atoms with Gasteiger partial charge in [-0.15, -0.1) is 0 Å². The van der Waals surface area contributed by atoms with E-state index < -0.39 is 0 Å². The molecule has 0 heterocycles. The quantitative estimate of drug-likeness (QED) is 0.736. The van der Waals surface area contributed by atoms with Gasteiger partial charge in [-0.25, -0.2) is 0 Å². The Labute approximate surface area is 152 Å². The van der Waals surface area contributed by atoms with Crippen LogP contribution in [0.1, 0.15) is 50.3 Å². The van der Waals surface area contributed by atoms with Crippen LogP contribution in [-0.2, 0) is 4.79 Å². The van der Waals surface area contributed by atoms with Crippen molar-refractivity contribution in [3.05, 3.63) is 71.8 Å². The van der Waals surface area contributed by atoms with Crippen LogP contribution >= 0.6 is 0 Å². The van der Waals surface area contributed by atoms with Crippen molar-refractivity contribution < 1.29 is 4.79 Å². The average molecular weight is 338 g/mol. The van der Waals surface area contributed by atoms with Crippen LogP contribution in [-0.4, -0.2) is 30.4 Å². The minimum Gasteiger partial charge on any atom is -0.354 e. The minimum absolute atomic E-state index is 0.115. The van der Waals surface area contributed by atoms with Crippen molar-refractivity contribution in [2.75, 3.05) is 19.6 Å². The summed E-state index contributed by atoms with van der Waals surface area (Å²) in [6, 6.07) is 20.9. The van der Waals surface area contributed by atoms with Gasteiger partial charge in [0, 0.05) is 13.0 Å². The van der Waals surface area contributed by atoms with Gasteiger partial charge in [-0.1, -0.05) is 81.4 Å². The molecule has 2 rings (SSSR count). The van der Waals surface area contributed by atoms with Gasteiger partial charge >= 0.3 is 0 Å². The first kappa shape index (κ1) is 19.2. The predicted octanol–water partition coefficient (Wildman–Crippen LogP) is 4.38. The second kappa shape index (κ2) is 10.00. The van der Waals surface area contributed by atoms with E-state index >= 15 is 0 Å². The number of likely N-dealkylation sites (N-methyl/N-ethyl adjacent to an activating group) is 1. The van der Waals surface area contributed by atoms with Gasteiger partial charge in [-0.05, 0) is 30.1 Å². The lowest BCUT2D eigenvalue weighted by Gasteiger charge is -2.30. The maximum Gasteiger partial charge on any atom is 0.220 e. The molecule has 1 amide bonds. The fourth-order valence-electron chi connectivity index (χ4n) is 3.26. The molecule has 2 aromatic carbocycles. The molecule has 134 valence electrons. The number of carbonyl (C=O) groups is 1. The zero-order valence-electron chi connectivity index (χ0n) is 15.6. The first-order chi connectivity index (χ1) is 12.2. The highest BCUT2D eigenvalue weighted by Crippen LogP contribution is 2.21. The third kappa shape index (κ3) is 5.71. The highest BCUT2D eigenvalue weighted by atomic mass is 16.1. The SMILES string of the molecule is CCN(CC)C(CNC(=O)CC(C)c1ccccc1)c1ccccc1. The third-order valence-electron chi connectivity index (χ3n) is 4.79.